The van der Waals surface area contributed by atoms with Crippen LogP contribution in [0.25, 0.3) is 0 Å². The number of nitrogens with zero attached hydrogens (tertiary/aromatic N) is 4. The zero-order valence-corrected chi connectivity index (χ0v) is 17.3. The number of likely N-dealkylation sites (N-methyl/N-ethyl adjacent to an activating group) is 1. The third kappa shape index (κ3) is 4.63. The first-order valence-electron chi connectivity index (χ1n) is 10.2. The van der Waals surface area contributed by atoms with E-state index in [1.807, 2.05) is 30.8 Å². The lowest BCUT2D eigenvalue weighted by Crippen LogP contribution is -2.55. The molecule has 2 saturated heterocycles. The third-order valence-electron chi connectivity index (χ3n) is 5.80. The van der Waals surface area contributed by atoms with Crippen LogP contribution in [0.15, 0.2) is 18.3 Å². The topological polar surface area (TPSA) is 66.0 Å². The van der Waals surface area contributed by atoms with E-state index in [2.05, 4.69) is 9.88 Å². The summed E-state index contributed by atoms with van der Waals surface area (Å²) in [6, 6.07) is 3.56. The van der Waals surface area contributed by atoms with E-state index in [9.17, 15) is 9.59 Å². The van der Waals surface area contributed by atoms with Crippen molar-refractivity contribution in [2.75, 3.05) is 53.4 Å². The van der Waals surface area contributed by atoms with Crippen LogP contribution in [0.5, 0.6) is 5.88 Å². The number of pyridine rings is 1. The van der Waals surface area contributed by atoms with Crippen molar-refractivity contribution >= 4 is 11.8 Å². The van der Waals surface area contributed by atoms with E-state index in [-0.39, 0.29) is 17.2 Å². The molecule has 0 N–H and O–H groups in total. The van der Waals surface area contributed by atoms with E-state index in [1.54, 1.807) is 18.3 Å². The van der Waals surface area contributed by atoms with Crippen LogP contribution in [0.3, 0.4) is 0 Å². The molecule has 2 aliphatic heterocycles. The monoisotopic (exact) mass is 388 g/mol. The molecule has 7 nitrogen and oxygen atoms in total. The minimum Gasteiger partial charge on any atom is -0.477 e. The number of aromatic nitrogens is 1. The summed E-state index contributed by atoms with van der Waals surface area (Å²) in [5, 5.41) is 0. The molecule has 0 bridgehead atoms. The molecule has 0 saturated carbocycles. The highest BCUT2D eigenvalue weighted by Crippen LogP contribution is 2.39. The molecule has 2 fully saturated rings. The molecule has 1 spiro atoms. The number of piperidine rings is 2. The van der Waals surface area contributed by atoms with Crippen molar-refractivity contribution in [3.8, 4) is 5.88 Å². The molecule has 1 aromatic rings. The number of rotatable bonds is 6. The minimum absolute atomic E-state index is 0.00210. The molecule has 2 amide bonds. The fraction of sp³-hybridized carbons (Fsp3) is 0.667. The van der Waals surface area contributed by atoms with E-state index in [1.165, 1.54) is 0 Å². The molecule has 0 radical (unpaired) electrons. The Labute approximate surface area is 167 Å². The van der Waals surface area contributed by atoms with Gasteiger partial charge in [0.25, 0.3) is 5.91 Å². The molecule has 3 rings (SSSR count). The SMILES string of the molecule is CCOc1ncccc1C(=O)N1CCC[C@]2(CCC(=O)N(CCN(C)C)C2)C1. The predicted molar refractivity (Wildman–Crippen MR) is 107 cm³/mol. The fourth-order valence-corrected chi connectivity index (χ4v) is 4.32. The molecular weight excluding hydrogens is 356 g/mol. The van der Waals surface area contributed by atoms with E-state index in [0.29, 0.717) is 31.0 Å². The third-order valence-corrected chi connectivity index (χ3v) is 5.80. The average Bonchev–Trinajstić information content (AvgIpc) is 2.69. The van der Waals surface area contributed by atoms with Crippen LogP contribution < -0.4 is 4.74 Å². The molecule has 7 heteroatoms. The molecule has 1 aromatic heterocycles. The Hall–Kier alpha value is -2.15. The average molecular weight is 389 g/mol. The van der Waals surface area contributed by atoms with Gasteiger partial charge in [-0.25, -0.2) is 4.98 Å². The number of likely N-dealkylation sites (tertiary alicyclic amines) is 2. The van der Waals surface area contributed by atoms with Crippen LogP contribution in [0.1, 0.15) is 43.0 Å². The first-order valence-corrected chi connectivity index (χ1v) is 10.2. The van der Waals surface area contributed by atoms with Gasteiger partial charge >= 0.3 is 0 Å². The number of carbonyl (C=O) groups excluding carboxylic acids is 2. The maximum absolute atomic E-state index is 13.2. The van der Waals surface area contributed by atoms with Gasteiger partial charge in [0.2, 0.25) is 11.8 Å². The van der Waals surface area contributed by atoms with Crippen LogP contribution in [0.4, 0.5) is 0 Å². The number of hydrogen-bond acceptors (Lipinski definition) is 5. The Bertz CT molecular complexity index is 709. The van der Waals surface area contributed by atoms with Gasteiger partial charge in [0.15, 0.2) is 0 Å². The maximum atomic E-state index is 13.2. The standard InChI is InChI=1S/C21H32N4O3/c1-4-28-19-17(7-5-11-22-19)20(27)25-12-6-9-21(16-25)10-8-18(26)24(15-21)14-13-23(2)3/h5,7,11H,4,6,8-10,12-16H2,1-3H3/t21-/m1/s1. The number of hydrogen-bond donors (Lipinski definition) is 0. The summed E-state index contributed by atoms with van der Waals surface area (Å²) < 4.78 is 5.56. The van der Waals surface area contributed by atoms with Gasteiger partial charge in [-0.3, -0.25) is 9.59 Å². The van der Waals surface area contributed by atoms with Crippen LogP contribution in [0.2, 0.25) is 0 Å². The Balaban J connectivity index is 1.73. The lowest BCUT2D eigenvalue weighted by Gasteiger charge is -2.48. The Morgan fingerprint density at radius 1 is 1.32 bits per heavy atom. The van der Waals surface area contributed by atoms with Gasteiger partial charge < -0.3 is 19.4 Å². The number of carbonyl (C=O) groups is 2. The summed E-state index contributed by atoms with van der Waals surface area (Å²) >= 11 is 0. The van der Waals surface area contributed by atoms with Crippen LogP contribution in [-0.2, 0) is 4.79 Å². The van der Waals surface area contributed by atoms with Crippen molar-refractivity contribution in [3.63, 3.8) is 0 Å². The van der Waals surface area contributed by atoms with E-state index >= 15 is 0 Å². The highest BCUT2D eigenvalue weighted by atomic mass is 16.5. The lowest BCUT2D eigenvalue weighted by atomic mass is 9.73. The lowest BCUT2D eigenvalue weighted by molar-refractivity contribution is -0.139. The van der Waals surface area contributed by atoms with Gasteiger partial charge in [0.1, 0.15) is 5.56 Å². The minimum atomic E-state index is -0.0210. The molecule has 28 heavy (non-hydrogen) atoms. The molecule has 154 valence electrons. The van der Waals surface area contributed by atoms with Crippen molar-refractivity contribution in [1.82, 2.24) is 19.7 Å². The van der Waals surface area contributed by atoms with Gasteiger partial charge in [-0.2, -0.15) is 0 Å². The molecular formula is C21H32N4O3. The van der Waals surface area contributed by atoms with E-state index in [0.717, 1.165) is 45.4 Å². The predicted octanol–water partition coefficient (Wildman–Crippen LogP) is 1.89. The summed E-state index contributed by atoms with van der Waals surface area (Å²) in [6.07, 6.45) is 5.11. The summed E-state index contributed by atoms with van der Waals surface area (Å²) in [7, 11) is 4.05. The van der Waals surface area contributed by atoms with E-state index < -0.39 is 0 Å². The quantitative estimate of drug-likeness (QED) is 0.745. The largest absolute Gasteiger partial charge is 0.477 e. The van der Waals surface area contributed by atoms with Crippen molar-refractivity contribution in [3.05, 3.63) is 23.9 Å². The first-order chi connectivity index (χ1) is 13.4. The second kappa shape index (κ2) is 8.90. The highest BCUT2D eigenvalue weighted by molar-refractivity contribution is 5.96. The highest BCUT2D eigenvalue weighted by Gasteiger charge is 2.43. The Kier molecular flexibility index (Phi) is 6.54. The van der Waals surface area contributed by atoms with Crippen molar-refractivity contribution in [2.24, 2.45) is 5.41 Å². The van der Waals surface area contributed by atoms with Gasteiger partial charge in [0, 0.05) is 50.8 Å². The maximum Gasteiger partial charge on any atom is 0.259 e. The van der Waals surface area contributed by atoms with Gasteiger partial charge in [-0.1, -0.05) is 0 Å². The van der Waals surface area contributed by atoms with Gasteiger partial charge in [0.05, 0.1) is 6.61 Å². The summed E-state index contributed by atoms with van der Waals surface area (Å²) in [4.78, 5) is 35.8. The first kappa shape index (κ1) is 20.6. The zero-order valence-electron chi connectivity index (χ0n) is 17.3. The Morgan fingerprint density at radius 3 is 2.89 bits per heavy atom. The smallest absolute Gasteiger partial charge is 0.259 e. The Morgan fingerprint density at radius 2 is 2.14 bits per heavy atom. The zero-order chi connectivity index (χ0) is 20.1. The second-order valence-corrected chi connectivity index (χ2v) is 8.24. The molecule has 0 aliphatic carbocycles. The van der Waals surface area contributed by atoms with Gasteiger partial charge in [-0.05, 0) is 52.4 Å². The molecule has 0 unspecified atom stereocenters. The molecule has 1 atom stereocenters. The van der Waals surface area contributed by atoms with Crippen molar-refractivity contribution < 1.29 is 14.3 Å². The van der Waals surface area contributed by atoms with Gasteiger partial charge in [-0.15, -0.1) is 0 Å². The van der Waals surface area contributed by atoms with Crippen molar-refractivity contribution in [1.29, 1.82) is 0 Å². The normalized spacial score (nSPS) is 22.8. The summed E-state index contributed by atoms with van der Waals surface area (Å²) in [5.74, 6) is 0.621. The number of amides is 2. The molecule has 2 aliphatic rings. The summed E-state index contributed by atoms with van der Waals surface area (Å²) in [5.41, 5.74) is 0.528. The van der Waals surface area contributed by atoms with Crippen LogP contribution in [-0.4, -0.2) is 84.9 Å². The molecule has 3 heterocycles. The van der Waals surface area contributed by atoms with E-state index in [4.69, 9.17) is 4.74 Å². The summed E-state index contributed by atoms with van der Waals surface area (Å²) in [6.45, 7) is 6.15. The van der Waals surface area contributed by atoms with Crippen LogP contribution in [0, 0.1) is 5.41 Å². The number of ether oxygens (including phenoxy) is 1. The molecule has 0 aromatic carbocycles. The van der Waals surface area contributed by atoms with Crippen molar-refractivity contribution in [2.45, 2.75) is 32.6 Å². The second-order valence-electron chi connectivity index (χ2n) is 8.24. The fourth-order valence-electron chi connectivity index (χ4n) is 4.32. The van der Waals surface area contributed by atoms with Crippen LogP contribution >= 0.6 is 0 Å².